The summed E-state index contributed by atoms with van der Waals surface area (Å²) in [6.45, 7) is 2.93. The van der Waals surface area contributed by atoms with E-state index in [2.05, 4.69) is 30.9 Å². The van der Waals surface area contributed by atoms with Crippen LogP contribution in [0.1, 0.15) is 6.92 Å². The van der Waals surface area contributed by atoms with Gasteiger partial charge in [0, 0.05) is 12.2 Å². The Morgan fingerprint density at radius 1 is 1.24 bits per heavy atom. The summed E-state index contributed by atoms with van der Waals surface area (Å²) < 4.78 is 5.35. The van der Waals surface area contributed by atoms with Crippen molar-refractivity contribution in [2.45, 2.75) is 6.92 Å². The molecule has 0 spiro atoms. The number of halogens is 2. The number of benzene rings is 1. The van der Waals surface area contributed by atoms with E-state index in [4.69, 9.17) is 33.7 Å². The van der Waals surface area contributed by atoms with Crippen LogP contribution in [0.5, 0.6) is 6.01 Å². The number of rotatable bonds is 7. The van der Waals surface area contributed by atoms with Crippen molar-refractivity contribution in [3.63, 3.8) is 0 Å². The number of nitrogens with one attached hydrogen (secondary N) is 3. The highest BCUT2D eigenvalue weighted by atomic mass is 35.5. The van der Waals surface area contributed by atoms with Crippen LogP contribution < -0.4 is 26.4 Å². The van der Waals surface area contributed by atoms with Crippen LogP contribution in [0.25, 0.3) is 0 Å². The van der Waals surface area contributed by atoms with Crippen molar-refractivity contribution in [3.8, 4) is 6.01 Å². The van der Waals surface area contributed by atoms with E-state index in [1.807, 2.05) is 6.92 Å². The van der Waals surface area contributed by atoms with Gasteiger partial charge in [0.15, 0.2) is 0 Å². The van der Waals surface area contributed by atoms with E-state index < -0.39 is 6.03 Å². The number of nitrogens with zero attached hydrogens (tertiary/aromatic N) is 3. The molecule has 2 amide bonds. The Morgan fingerprint density at radius 3 is 2.76 bits per heavy atom. The Labute approximate surface area is 154 Å². The number of hydrogen-bond acceptors (Lipinski definition) is 7. The minimum Gasteiger partial charge on any atom is -0.461 e. The quantitative estimate of drug-likeness (QED) is 0.538. The number of anilines is 3. The van der Waals surface area contributed by atoms with Crippen molar-refractivity contribution in [2.75, 3.05) is 36.1 Å². The van der Waals surface area contributed by atoms with Gasteiger partial charge in [-0.2, -0.15) is 15.0 Å². The van der Waals surface area contributed by atoms with Crippen molar-refractivity contribution < 1.29 is 9.53 Å². The number of carbonyl (C=O) groups excluding carboxylic acids is 1. The third kappa shape index (κ3) is 6.12. The third-order valence-electron chi connectivity index (χ3n) is 2.76. The van der Waals surface area contributed by atoms with Crippen molar-refractivity contribution in [3.05, 3.63) is 28.2 Å². The summed E-state index contributed by atoms with van der Waals surface area (Å²) in [6.07, 6.45) is 0. The van der Waals surface area contributed by atoms with E-state index in [0.717, 1.165) is 0 Å². The average molecular weight is 386 g/mol. The average Bonchev–Trinajstić information content (AvgIpc) is 2.55. The molecule has 2 rings (SSSR count). The molecule has 9 nitrogen and oxygen atoms in total. The molecule has 0 aliphatic heterocycles. The maximum absolute atomic E-state index is 11.8. The topological polar surface area (TPSA) is 127 Å². The number of amides is 2. The lowest BCUT2D eigenvalue weighted by Crippen LogP contribution is -2.32. The minimum absolute atomic E-state index is 0.0475. The molecule has 0 atom stereocenters. The zero-order chi connectivity index (χ0) is 18.2. The van der Waals surface area contributed by atoms with Gasteiger partial charge in [-0.15, -0.1) is 0 Å². The lowest BCUT2D eigenvalue weighted by atomic mass is 10.3. The van der Waals surface area contributed by atoms with Crippen LogP contribution in [-0.4, -0.2) is 40.7 Å². The van der Waals surface area contributed by atoms with Gasteiger partial charge in [-0.1, -0.05) is 23.2 Å². The van der Waals surface area contributed by atoms with Crippen LogP contribution in [0.15, 0.2) is 18.2 Å². The van der Waals surface area contributed by atoms with Crippen LogP contribution >= 0.6 is 23.2 Å². The summed E-state index contributed by atoms with van der Waals surface area (Å²) in [5, 5.41) is 8.92. The standard InChI is InChI=1S/C14H17Cl2N7O2/c1-2-18-12-21-11(17)22-14(23-12)25-6-5-19-13(24)20-8-3-4-9(15)10(16)7-8/h3-4,7H,2,5-6H2,1H3,(H2,19,20,24)(H3,17,18,21,22,23). The fourth-order valence-electron chi connectivity index (χ4n) is 1.73. The molecule has 11 heteroatoms. The van der Waals surface area contributed by atoms with Crippen LogP contribution in [0.2, 0.25) is 10.0 Å². The van der Waals surface area contributed by atoms with Gasteiger partial charge in [0.1, 0.15) is 6.61 Å². The fourth-order valence-corrected chi connectivity index (χ4v) is 2.03. The molecule has 0 saturated carbocycles. The molecule has 0 aliphatic rings. The number of carbonyl (C=O) groups is 1. The van der Waals surface area contributed by atoms with E-state index in [9.17, 15) is 4.79 Å². The number of nitrogens with two attached hydrogens (primary N) is 1. The van der Waals surface area contributed by atoms with E-state index in [1.54, 1.807) is 18.2 Å². The smallest absolute Gasteiger partial charge is 0.323 e. The van der Waals surface area contributed by atoms with Crippen molar-refractivity contribution in [2.24, 2.45) is 0 Å². The first-order valence-corrected chi connectivity index (χ1v) is 8.11. The first-order valence-electron chi connectivity index (χ1n) is 7.36. The highest BCUT2D eigenvalue weighted by Crippen LogP contribution is 2.24. The van der Waals surface area contributed by atoms with Gasteiger partial charge in [-0.05, 0) is 25.1 Å². The largest absolute Gasteiger partial charge is 0.461 e. The summed E-state index contributed by atoms with van der Waals surface area (Å²) in [5.41, 5.74) is 6.09. The Bertz CT molecular complexity index is 745. The lowest BCUT2D eigenvalue weighted by molar-refractivity contribution is 0.245. The number of urea groups is 1. The minimum atomic E-state index is -0.412. The van der Waals surface area contributed by atoms with E-state index in [0.29, 0.717) is 28.2 Å². The SMILES string of the molecule is CCNc1nc(N)nc(OCCNC(=O)Nc2ccc(Cl)c(Cl)c2)n1. The molecular weight excluding hydrogens is 369 g/mol. The van der Waals surface area contributed by atoms with Gasteiger partial charge in [0.2, 0.25) is 11.9 Å². The zero-order valence-corrected chi connectivity index (χ0v) is 14.9. The predicted molar refractivity (Wildman–Crippen MR) is 97.4 cm³/mol. The second-order valence-electron chi connectivity index (χ2n) is 4.69. The van der Waals surface area contributed by atoms with Gasteiger partial charge < -0.3 is 26.4 Å². The van der Waals surface area contributed by atoms with Crippen molar-refractivity contribution in [1.29, 1.82) is 0 Å². The number of hydrogen-bond donors (Lipinski definition) is 4. The van der Waals surface area contributed by atoms with E-state index in [-0.39, 0.29) is 25.1 Å². The summed E-state index contributed by atoms with van der Waals surface area (Å²) in [5.74, 6) is 0.376. The molecule has 0 bridgehead atoms. The highest BCUT2D eigenvalue weighted by molar-refractivity contribution is 6.42. The molecular formula is C14H17Cl2N7O2. The monoisotopic (exact) mass is 385 g/mol. The van der Waals surface area contributed by atoms with Gasteiger partial charge in [0.25, 0.3) is 0 Å². The Kier molecular flexibility index (Phi) is 6.84. The van der Waals surface area contributed by atoms with E-state index in [1.165, 1.54) is 0 Å². The molecule has 25 heavy (non-hydrogen) atoms. The maximum Gasteiger partial charge on any atom is 0.323 e. The lowest BCUT2D eigenvalue weighted by Gasteiger charge is -2.09. The highest BCUT2D eigenvalue weighted by Gasteiger charge is 2.06. The second-order valence-corrected chi connectivity index (χ2v) is 5.50. The molecule has 1 heterocycles. The Morgan fingerprint density at radius 2 is 2.04 bits per heavy atom. The van der Waals surface area contributed by atoms with Gasteiger partial charge >= 0.3 is 12.0 Å². The maximum atomic E-state index is 11.8. The normalized spacial score (nSPS) is 10.2. The van der Waals surface area contributed by atoms with Crippen LogP contribution in [0.3, 0.4) is 0 Å². The first kappa shape index (κ1) is 18.8. The number of aromatic nitrogens is 3. The van der Waals surface area contributed by atoms with Gasteiger partial charge in [-0.3, -0.25) is 0 Å². The van der Waals surface area contributed by atoms with E-state index >= 15 is 0 Å². The molecule has 5 N–H and O–H groups in total. The predicted octanol–water partition coefficient (Wildman–Crippen LogP) is 2.39. The third-order valence-corrected chi connectivity index (χ3v) is 3.50. The van der Waals surface area contributed by atoms with Crippen LogP contribution in [-0.2, 0) is 0 Å². The molecule has 0 saturated heterocycles. The summed E-state index contributed by atoms with van der Waals surface area (Å²) in [6, 6.07) is 4.45. The van der Waals surface area contributed by atoms with Crippen LogP contribution in [0.4, 0.5) is 22.4 Å². The number of ether oxygens (including phenoxy) is 1. The first-order chi connectivity index (χ1) is 12.0. The van der Waals surface area contributed by atoms with Crippen molar-refractivity contribution >= 4 is 46.8 Å². The fraction of sp³-hybridized carbons (Fsp3) is 0.286. The molecule has 0 fully saturated rings. The molecule has 0 aliphatic carbocycles. The molecule has 0 radical (unpaired) electrons. The van der Waals surface area contributed by atoms with Crippen LogP contribution in [0, 0.1) is 0 Å². The van der Waals surface area contributed by atoms with Gasteiger partial charge in [-0.25, -0.2) is 4.79 Å². The van der Waals surface area contributed by atoms with Gasteiger partial charge in [0.05, 0.1) is 16.6 Å². The summed E-state index contributed by atoms with van der Waals surface area (Å²) in [4.78, 5) is 23.6. The molecule has 1 aromatic heterocycles. The number of nitrogen functional groups attached to an aromatic ring is 1. The van der Waals surface area contributed by atoms with Crippen molar-refractivity contribution in [1.82, 2.24) is 20.3 Å². The summed E-state index contributed by atoms with van der Waals surface area (Å²) >= 11 is 11.7. The second kappa shape index (κ2) is 9.09. The Hall–Kier alpha value is -2.52. The summed E-state index contributed by atoms with van der Waals surface area (Å²) in [7, 11) is 0. The molecule has 2 aromatic rings. The molecule has 1 aromatic carbocycles. The zero-order valence-electron chi connectivity index (χ0n) is 13.3. The molecule has 0 unspecified atom stereocenters. The Balaban J connectivity index is 1.77. The molecule has 134 valence electrons.